The van der Waals surface area contributed by atoms with E-state index in [-0.39, 0.29) is 11.5 Å². The summed E-state index contributed by atoms with van der Waals surface area (Å²) in [7, 11) is -3.43. The van der Waals surface area contributed by atoms with Gasteiger partial charge in [0, 0.05) is 12.6 Å². The SMILES string of the molecule is CCNc1ccccc1S(=O)(=O)NC1CC1(C)C. The molecule has 1 aromatic carbocycles. The van der Waals surface area contributed by atoms with Crippen LogP contribution in [0.5, 0.6) is 0 Å². The Bertz CT molecular complexity index is 538. The Kier molecular flexibility index (Phi) is 3.38. The maximum absolute atomic E-state index is 12.3. The molecule has 5 heteroatoms. The summed E-state index contributed by atoms with van der Waals surface area (Å²) in [6, 6.07) is 7.05. The molecule has 1 saturated carbocycles. The maximum Gasteiger partial charge on any atom is 0.242 e. The van der Waals surface area contributed by atoms with E-state index < -0.39 is 10.0 Å². The monoisotopic (exact) mass is 268 g/mol. The Morgan fingerprint density at radius 1 is 1.33 bits per heavy atom. The first-order chi connectivity index (χ1) is 8.37. The van der Waals surface area contributed by atoms with Gasteiger partial charge < -0.3 is 5.32 Å². The normalized spacial score (nSPS) is 21.6. The smallest absolute Gasteiger partial charge is 0.242 e. The molecule has 1 unspecified atom stereocenters. The quantitative estimate of drug-likeness (QED) is 0.860. The van der Waals surface area contributed by atoms with Crippen molar-refractivity contribution in [3.8, 4) is 0 Å². The molecule has 2 N–H and O–H groups in total. The molecule has 1 atom stereocenters. The molecule has 0 amide bonds. The zero-order valence-electron chi connectivity index (χ0n) is 11.0. The van der Waals surface area contributed by atoms with Gasteiger partial charge in [0.15, 0.2) is 0 Å². The number of sulfonamides is 1. The number of rotatable bonds is 5. The third-order valence-corrected chi connectivity index (χ3v) is 4.88. The van der Waals surface area contributed by atoms with Gasteiger partial charge in [-0.05, 0) is 30.9 Å². The second-order valence-electron chi connectivity index (χ2n) is 5.39. The lowest BCUT2D eigenvalue weighted by atomic mass is 10.2. The molecule has 0 bridgehead atoms. The van der Waals surface area contributed by atoms with Gasteiger partial charge in [-0.2, -0.15) is 0 Å². The summed E-state index contributed by atoms with van der Waals surface area (Å²) in [5.41, 5.74) is 0.742. The maximum atomic E-state index is 12.3. The molecule has 1 fully saturated rings. The molecule has 1 aromatic rings. The number of hydrogen-bond acceptors (Lipinski definition) is 3. The molecule has 0 aliphatic heterocycles. The Balaban J connectivity index is 2.24. The topological polar surface area (TPSA) is 58.2 Å². The van der Waals surface area contributed by atoms with E-state index in [2.05, 4.69) is 23.9 Å². The van der Waals surface area contributed by atoms with Crippen molar-refractivity contribution in [1.29, 1.82) is 0 Å². The third-order valence-electron chi connectivity index (χ3n) is 3.35. The van der Waals surface area contributed by atoms with Gasteiger partial charge in [0.05, 0.1) is 5.69 Å². The average molecular weight is 268 g/mol. The van der Waals surface area contributed by atoms with E-state index in [9.17, 15) is 8.42 Å². The van der Waals surface area contributed by atoms with E-state index in [1.165, 1.54) is 0 Å². The van der Waals surface area contributed by atoms with Crippen LogP contribution >= 0.6 is 0 Å². The minimum Gasteiger partial charge on any atom is -0.384 e. The minimum absolute atomic E-state index is 0.0529. The van der Waals surface area contributed by atoms with Gasteiger partial charge in [0.2, 0.25) is 10.0 Å². The molecule has 2 rings (SSSR count). The summed E-state index contributed by atoms with van der Waals surface area (Å²) in [5, 5.41) is 3.08. The molecule has 0 radical (unpaired) electrons. The Hall–Kier alpha value is -1.07. The Labute approximate surface area is 109 Å². The molecule has 0 aromatic heterocycles. The van der Waals surface area contributed by atoms with Crippen LogP contribution in [0.25, 0.3) is 0 Å². The van der Waals surface area contributed by atoms with Crippen LogP contribution in [-0.2, 0) is 10.0 Å². The van der Waals surface area contributed by atoms with Crippen molar-refractivity contribution in [1.82, 2.24) is 4.72 Å². The summed E-state index contributed by atoms with van der Waals surface area (Å²) >= 11 is 0. The van der Waals surface area contributed by atoms with Crippen molar-refractivity contribution in [2.24, 2.45) is 5.41 Å². The zero-order chi connectivity index (χ0) is 13.4. The second-order valence-corrected chi connectivity index (χ2v) is 7.08. The van der Waals surface area contributed by atoms with Crippen molar-refractivity contribution in [2.75, 3.05) is 11.9 Å². The first kappa shape index (κ1) is 13.4. The van der Waals surface area contributed by atoms with Crippen LogP contribution in [0, 0.1) is 5.41 Å². The minimum atomic E-state index is -3.43. The highest BCUT2D eigenvalue weighted by Gasteiger charge is 2.48. The van der Waals surface area contributed by atoms with Crippen LogP contribution in [0.3, 0.4) is 0 Å². The van der Waals surface area contributed by atoms with Gasteiger partial charge in [-0.15, -0.1) is 0 Å². The first-order valence-electron chi connectivity index (χ1n) is 6.22. The van der Waals surface area contributed by atoms with E-state index in [1.807, 2.05) is 13.0 Å². The molecule has 1 aliphatic carbocycles. The predicted molar refractivity (Wildman–Crippen MR) is 73.1 cm³/mol. The average Bonchev–Trinajstić information content (AvgIpc) is 2.86. The highest BCUT2D eigenvalue weighted by molar-refractivity contribution is 7.89. The second kappa shape index (κ2) is 4.55. The van der Waals surface area contributed by atoms with Gasteiger partial charge in [-0.1, -0.05) is 26.0 Å². The van der Waals surface area contributed by atoms with Gasteiger partial charge in [0.1, 0.15) is 4.90 Å². The van der Waals surface area contributed by atoms with E-state index in [4.69, 9.17) is 0 Å². The van der Waals surface area contributed by atoms with Gasteiger partial charge in [0.25, 0.3) is 0 Å². The van der Waals surface area contributed by atoms with Crippen LogP contribution in [0.1, 0.15) is 27.2 Å². The number of benzene rings is 1. The van der Waals surface area contributed by atoms with Crippen LogP contribution in [0.4, 0.5) is 5.69 Å². The van der Waals surface area contributed by atoms with Crippen LogP contribution in [0.2, 0.25) is 0 Å². The summed E-state index contributed by atoms with van der Waals surface area (Å²) < 4.78 is 27.4. The summed E-state index contributed by atoms with van der Waals surface area (Å²) in [6.07, 6.45) is 0.898. The van der Waals surface area contributed by atoms with Crippen LogP contribution in [0.15, 0.2) is 29.2 Å². The molecule has 0 saturated heterocycles. The number of hydrogen-bond donors (Lipinski definition) is 2. The number of nitrogens with one attached hydrogen (secondary N) is 2. The van der Waals surface area contributed by atoms with Crippen molar-refractivity contribution < 1.29 is 8.42 Å². The van der Waals surface area contributed by atoms with E-state index in [0.29, 0.717) is 17.1 Å². The lowest BCUT2D eigenvalue weighted by Gasteiger charge is -2.13. The zero-order valence-corrected chi connectivity index (χ0v) is 11.8. The van der Waals surface area contributed by atoms with Crippen LogP contribution in [-0.4, -0.2) is 21.0 Å². The summed E-state index contributed by atoms with van der Waals surface area (Å²) in [6.45, 7) is 6.77. The largest absolute Gasteiger partial charge is 0.384 e. The van der Waals surface area contributed by atoms with E-state index in [1.54, 1.807) is 18.2 Å². The predicted octanol–water partition coefficient (Wildman–Crippen LogP) is 2.20. The number of anilines is 1. The molecule has 100 valence electrons. The van der Waals surface area contributed by atoms with Crippen LogP contribution < -0.4 is 10.0 Å². The molecule has 0 heterocycles. The van der Waals surface area contributed by atoms with E-state index in [0.717, 1.165) is 6.42 Å². The summed E-state index contributed by atoms with van der Waals surface area (Å²) in [5.74, 6) is 0. The fourth-order valence-electron chi connectivity index (χ4n) is 1.96. The van der Waals surface area contributed by atoms with Crippen molar-refractivity contribution in [2.45, 2.75) is 38.1 Å². The van der Waals surface area contributed by atoms with Crippen molar-refractivity contribution in [3.05, 3.63) is 24.3 Å². The molecular weight excluding hydrogens is 248 g/mol. The molecule has 18 heavy (non-hydrogen) atoms. The lowest BCUT2D eigenvalue weighted by molar-refractivity contribution is 0.555. The molecular formula is C13H20N2O2S. The number of para-hydroxylation sites is 1. The fraction of sp³-hybridized carbons (Fsp3) is 0.538. The van der Waals surface area contributed by atoms with Crippen molar-refractivity contribution >= 4 is 15.7 Å². The highest BCUT2D eigenvalue weighted by Crippen LogP contribution is 2.45. The van der Waals surface area contributed by atoms with Gasteiger partial charge >= 0.3 is 0 Å². The molecule has 0 spiro atoms. The Morgan fingerprint density at radius 3 is 2.50 bits per heavy atom. The lowest BCUT2D eigenvalue weighted by Crippen LogP contribution is -2.29. The van der Waals surface area contributed by atoms with E-state index >= 15 is 0 Å². The van der Waals surface area contributed by atoms with Gasteiger partial charge in [-0.25, -0.2) is 13.1 Å². The van der Waals surface area contributed by atoms with Crippen molar-refractivity contribution in [3.63, 3.8) is 0 Å². The fourth-order valence-corrected chi connectivity index (χ4v) is 3.55. The molecule has 1 aliphatic rings. The molecule has 4 nitrogen and oxygen atoms in total. The first-order valence-corrected chi connectivity index (χ1v) is 7.70. The van der Waals surface area contributed by atoms with Gasteiger partial charge in [-0.3, -0.25) is 0 Å². The summed E-state index contributed by atoms with van der Waals surface area (Å²) in [4.78, 5) is 0.328. The standard InChI is InChI=1S/C13H20N2O2S/c1-4-14-10-7-5-6-8-11(10)18(16,17)15-12-9-13(12,2)3/h5-8,12,14-15H,4,9H2,1-3H3. The third kappa shape index (κ3) is 2.67. The highest BCUT2D eigenvalue weighted by atomic mass is 32.2. The Morgan fingerprint density at radius 2 is 1.94 bits per heavy atom.